The van der Waals surface area contributed by atoms with E-state index in [1.807, 2.05) is 12.4 Å². The molecule has 3 aromatic rings. The van der Waals surface area contributed by atoms with Crippen molar-refractivity contribution in [3.63, 3.8) is 0 Å². The van der Waals surface area contributed by atoms with Gasteiger partial charge in [-0.25, -0.2) is 9.97 Å². The van der Waals surface area contributed by atoms with Crippen LogP contribution >= 0.6 is 0 Å². The second kappa shape index (κ2) is 7.85. The summed E-state index contributed by atoms with van der Waals surface area (Å²) in [5.74, 6) is 0.935. The van der Waals surface area contributed by atoms with Crippen LogP contribution in [-0.2, 0) is 4.74 Å². The molecule has 0 radical (unpaired) electrons. The number of benzene rings is 1. The number of aromatic nitrogens is 4. The molecule has 7 heteroatoms. The van der Waals surface area contributed by atoms with E-state index in [9.17, 15) is 0 Å². The maximum Gasteiger partial charge on any atom is 0.137 e. The molecule has 28 heavy (non-hydrogen) atoms. The van der Waals surface area contributed by atoms with E-state index in [-0.39, 0.29) is 0 Å². The summed E-state index contributed by atoms with van der Waals surface area (Å²) in [4.78, 5) is 11.6. The summed E-state index contributed by atoms with van der Waals surface area (Å²) < 4.78 is 5.49. The van der Waals surface area contributed by atoms with Gasteiger partial charge in [-0.05, 0) is 43.4 Å². The number of hydrogen-bond acceptors (Lipinski definition) is 6. The molecule has 0 bridgehead atoms. The van der Waals surface area contributed by atoms with Crippen molar-refractivity contribution in [2.75, 3.05) is 31.6 Å². The quantitative estimate of drug-likeness (QED) is 0.726. The number of aromatic amines is 1. The van der Waals surface area contributed by atoms with Gasteiger partial charge in [-0.3, -0.25) is 10.00 Å². The summed E-state index contributed by atoms with van der Waals surface area (Å²) in [6.45, 7) is 3.92. The number of hydrogen-bond donors (Lipinski definition) is 2. The Labute approximate surface area is 164 Å². The predicted octanol–water partition coefficient (Wildman–Crippen LogP) is 3.08. The van der Waals surface area contributed by atoms with Crippen LogP contribution in [0.2, 0.25) is 0 Å². The van der Waals surface area contributed by atoms with Gasteiger partial charge >= 0.3 is 0 Å². The molecule has 1 saturated heterocycles. The van der Waals surface area contributed by atoms with Crippen molar-refractivity contribution < 1.29 is 4.74 Å². The molecule has 0 atom stereocenters. The monoisotopic (exact) mass is 378 g/mol. The Balaban J connectivity index is 1.30. The number of anilines is 1. The normalized spacial score (nSPS) is 23.7. The molecule has 2 aliphatic rings. The van der Waals surface area contributed by atoms with E-state index in [1.54, 1.807) is 6.33 Å². The first-order valence-corrected chi connectivity index (χ1v) is 10.2. The molecule has 2 fully saturated rings. The molecule has 0 amide bonds. The molecule has 2 N–H and O–H groups in total. The minimum atomic E-state index is 0.466. The van der Waals surface area contributed by atoms with Crippen molar-refractivity contribution in [3.8, 4) is 11.1 Å². The molecule has 5 rings (SSSR count). The fourth-order valence-electron chi connectivity index (χ4n) is 4.48. The Morgan fingerprint density at radius 1 is 1.04 bits per heavy atom. The average molecular weight is 378 g/mol. The standard InChI is InChI=1S/C21H26N6O/c1-6-20-19(11-15(1)16-12-24-25-13-16)21(23-14-22-20)26-17-2-4-18(5-3-17)27-7-9-28-10-8-27/h1,6,11-14,17-18H,2-5,7-10H2,(H,24,25)(H,22,23,26)/t17-,18-. The predicted molar refractivity (Wildman–Crippen MR) is 109 cm³/mol. The Hall–Kier alpha value is -2.51. The van der Waals surface area contributed by atoms with E-state index in [0.717, 1.165) is 54.2 Å². The van der Waals surface area contributed by atoms with Gasteiger partial charge in [0, 0.05) is 42.3 Å². The number of nitrogens with zero attached hydrogens (tertiary/aromatic N) is 4. The molecule has 2 aromatic heterocycles. The second-order valence-corrected chi connectivity index (χ2v) is 7.74. The minimum absolute atomic E-state index is 0.466. The highest BCUT2D eigenvalue weighted by Crippen LogP contribution is 2.30. The lowest BCUT2D eigenvalue weighted by Gasteiger charge is -2.39. The Morgan fingerprint density at radius 3 is 2.68 bits per heavy atom. The Kier molecular flexibility index (Phi) is 4.93. The zero-order valence-electron chi connectivity index (χ0n) is 16.0. The molecule has 3 heterocycles. The van der Waals surface area contributed by atoms with Crippen molar-refractivity contribution in [1.82, 2.24) is 25.1 Å². The fraction of sp³-hybridized carbons (Fsp3) is 0.476. The molecule has 146 valence electrons. The smallest absolute Gasteiger partial charge is 0.137 e. The average Bonchev–Trinajstić information content (AvgIpc) is 3.30. The van der Waals surface area contributed by atoms with Gasteiger partial charge in [0.1, 0.15) is 12.1 Å². The summed E-state index contributed by atoms with van der Waals surface area (Å²) in [6.07, 6.45) is 10.2. The van der Waals surface area contributed by atoms with Crippen LogP contribution in [0.15, 0.2) is 36.9 Å². The highest BCUT2D eigenvalue weighted by Gasteiger charge is 2.27. The number of ether oxygens (including phenoxy) is 1. The lowest BCUT2D eigenvalue weighted by molar-refractivity contribution is 0.00791. The van der Waals surface area contributed by atoms with Crippen molar-refractivity contribution in [2.45, 2.75) is 37.8 Å². The van der Waals surface area contributed by atoms with Gasteiger partial charge in [-0.15, -0.1) is 0 Å². The first-order chi connectivity index (χ1) is 13.9. The molecule has 1 aromatic carbocycles. The van der Waals surface area contributed by atoms with Crippen LogP contribution in [0.3, 0.4) is 0 Å². The van der Waals surface area contributed by atoms with Gasteiger partial charge in [0.2, 0.25) is 0 Å². The lowest BCUT2D eigenvalue weighted by Crippen LogP contribution is -2.46. The van der Waals surface area contributed by atoms with Gasteiger partial charge in [0.25, 0.3) is 0 Å². The highest BCUT2D eigenvalue weighted by atomic mass is 16.5. The molecule has 0 spiro atoms. The fourth-order valence-corrected chi connectivity index (χ4v) is 4.48. The van der Waals surface area contributed by atoms with Gasteiger partial charge in [-0.2, -0.15) is 5.10 Å². The highest BCUT2D eigenvalue weighted by molar-refractivity contribution is 5.92. The van der Waals surface area contributed by atoms with E-state index in [0.29, 0.717) is 12.1 Å². The molecule has 1 saturated carbocycles. The van der Waals surface area contributed by atoms with Gasteiger partial charge < -0.3 is 10.1 Å². The largest absolute Gasteiger partial charge is 0.379 e. The number of nitrogens with one attached hydrogen (secondary N) is 2. The zero-order valence-corrected chi connectivity index (χ0v) is 16.0. The summed E-state index contributed by atoms with van der Waals surface area (Å²) in [7, 11) is 0. The first-order valence-electron chi connectivity index (χ1n) is 10.2. The van der Waals surface area contributed by atoms with Crippen LogP contribution in [0.4, 0.5) is 5.82 Å². The van der Waals surface area contributed by atoms with E-state index in [1.165, 1.54) is 25.7 Å². The van der Waals surface area contributed by atoms with Gasteiger partial charge in [0.05, 0.1) is 24.9 Å². The third-order valence-corrected chi connectivity index (χ3v) is 6.07. The van der Waals surface area contributed by atoms with Gasteiger partial charge in [0.15, 0.2) is 0 Å². The maximum atomic E-state index is 5.49. The van der Waals surface area contributed by atoms with E-state index in [4.69, 9.17) is 4.74 Å². The molecule has 0 unspecified atom stereocenters. The second-order valence-electron chi connectivity index (χ2n) is 7.74. The molecular weight excluding hydrogens is 352 g/mol. The van der Waals surface area contributed by atoms with E-state index >= 15 is 0 Å². The first kappa shape index (κ1) is 17.6. The van der Waals surface area contributed by atoms with Crippen molar-refractivity contribution in [3.05, 3.63) is 36.9 Å². The summed E-state index contributed by atoms with van der Waals surface area (Å²) >= 11 is 0. The lowest BCUT2D eigenvalue weighted by atomic mass is 9.90. The van der Waals surface area contributed by atoms with E-state index in [2.05, 4.69) is 48.6 Å². The SMILES string of the molecule is c1nc(N[C@H]2CC[C@H](N3CCOCC3)CC2)c2cc(-c3cn[nH]c3)ccc2n1. The minimum Gasteiger partial charge on any atom is -0.379 e. The van der Waals surface area contributed by atoms with Crippen molar-refractivity contribution in [2.24, 2.45) is 0 Å². The third-order valence-electron chi connectivity index (χ3n) is 6.07. The van der Waals surface area contributed by atoms with Crippen LogP contribution in [-0.4, -0.2) is 63.5 Å². The van der Waals surface area contributed by atoms with Crippen molar-refractivity contribution >= 4 is 16.7 Å². The number of fused-ring (bicyclic) bond motifs is 1. The zero-order chi connectivity index (χ0) is 18.8. The molecule has 7 nitrogen and oxygen atoms in total. The summed E-state index contributed by atoms with van der Waals surface area (Å²) in [6, 6.07) is 7.46. The van der Waals surface area contributed by atoms with Crippen LogP contribution in [0.25, 0.3) is 22.0 Å². The molecule has 1 aliphatic carbocycles. The third kappa shape index (κ3) is 3.59. The van der Waals surface area contributed by atoms with Crippen LogP contribution in [0, 0.1) is 0 Å². The maximum absolute atomic E-state index is 5.49. The van der Waals surface area contributed by atoms with Crippen molar-refractivity contribution in [1.29, 1.82) is 0 Å². The Bertz CT molecular complexity index is 914. The van der Waals surface area contributed by atoms with Gasteiger partial charge in [-0.1, -0.05) is 6.07 Å². The van der Waals surface area contributed by atoms with Crippen LogP contribution < -0.4 is 5.32 Å². The van der Waals surface area contributed by atoms with E-state index < -0.39 is 0 Å². The van der Waals surface area contributed by atoms with Crippen LogP contribution in [0.1, 0.15) is 25.7 Å². The Morgan fingerprint density at radius 2 is 1.89 bits per heavy atom. The summed E-state index contributed by atoms with van der Waals surface area (Å²) in [5, 5.41) is 11.7. The number of H-pyrrole nitrogens is 1. The topological polar surface area (TPSA) is 79.0 Å². The molecular formula is C21H26N6O. The number of rotatable bonds is 4. The van der Waals surface area contributed by atoms with Crippen LogP contribution in [0.5, 0.6) is 0 Å². The number of morpholine rings is 1. The summed E-state index contributed by atoms with van der Waals surface area (Å²) in [5.41, 5.74) is 3.16. The molecule has 1 aliphatic heterocycles.